The van der Waals surface area contributed by atoms with Crippen molar-refractivity contribution in [3.8, 4) is 0 Å². The Morgan fingerprint density at radius 2 is 2.15 bits per heavy atom. The summed E-state index contributed by atoms with van der Waals surface area (Å²) in [6, 6.07) is 0. The number of carbonyl (C=O) groups excluding carboxylic acids is 1. The number of primary amides is 1. The summed E-state index contributed by atoms with van der Waals surface area (Å²) in [6.07, 6.45) is 4.36. The lowest BCUT2D eigenvalue weighted by atomic mass is 9.90. The van der Waals surface area contributed by atoms with Crippen molar-refractivity contribution in [1.29, 1.82) is 0 Å². The van der Waals surface area contributed by atoms with Gasteiger partial charge in [-0.3, -0.25) is 9.63 Å². The first-order valence-electron chi connectivity index (χ1n) is 4.97. The van der Waals surface area contributed by atoms with Gasteiger partial charge in [-0.2, -0.15) is 0 Å². The van der Waals surface area contributed by atoms with Crippen LogP contribution in [-0.4, -0.2) is 18.6 Å². The zero-order valence-electron chi connectivity index (χ0n) is 7.66. The van der Waals surface area contributed by atoms with E-state index in [1.165, 1.54) is 6.42 Å². The molecule has 0 radical (unpaired) electrons. The highest BCUT2D eigenvalue weighted by Gasteiger charge is 2.39. The molecule has 4 nitrogen and oxygen atoms in total. The van der Waals surface area contributed by atoms with E-state index < -0.39 is 0 Å². The molecule has 3 atom stereocenters. The monoisotopic (exact) mass is 184 g/mol. The maximum Gasteiger partial charge on any atom is 0.223 e. The molecule has 1 saturated carbocycles. The largest absolute Gasteiger partial charge is 0.369 e. The van der Waals surface area contributed by atoms with Crippen LogP contribution in [0.15, 0.2) is 0 Å². The number of hydrogen-bond donors (Lipinski definition) is 2. The fourth-order valence-electron chi connectivity index (χ4n) is 2.38. The quantitative estimate of drug-likeness (QED) is 0.611. The predicted molar refractivity (Wildman–Crippen MR) is 47.5 cm³/mol. The Labute approximate surface area is 77.8 Å². The second-order valence-corrected chi connectivity index (χ2v) is 3.98. The first-order chi connectivity index (χ1) is 6.29. The van der Waals surface area contributed by atoms with E-state index in [4.69, 9.17) is 10.6 Å². The summed E-state index contributed by atoms with van der Waals surface area (Å²) in [6.45, 7) is 0.869. The molecule has 74 valence electrons. The Balaban J connectivity index is 2.10. The van der Waals surface area contributed by atoms with Crippen molar-refractivity contribution < 1.29 is 9.63 Å². The number of amides is 1. The van der Waals surface area contributed by atoms with E-state index >= 15 is 0 Å². The van der Waals surface area contributed by atoms with Crippen LogP contribution in [0.3, 0.4) is 0 Å². The third-order valence-corrected chi connectivity index (χ3v) is 3.13. The molecule has 1 heterocycles. The van der Waals surface area contributed by atoms with E-state index in [1.54, 1.807) is 0 Å². The molecule has 1 amide bonds. The molecule has 0 aromatic heterocycles. The summed E-state index contributed by atoms with van der Waals surface area (Å²) in [5.74, 6) is 0.197. The SMILES string of the molecule is NC(=O)C1CCCCC2CNOC21. The van der Waals surface area contributed by atoms with E-state index in [2.05, 4.69) is 5.48 Å². The molecule has 0 spiro atoms. The van der Waals surface area contributed by atoms with Crippen LogP contribution in [0, 0.1) is 11.8 Å². The van der Waals surface area contributed by atoms with Crippen molar-refractivity contribution in [3.63, 3.8) is 0 Å². The highest BCUT2D eigenvalue weighted by atomic mass is 16.7. The molecule has 2 aliphatic rings. The summed E-state index contributed by atoms with van der Waals surface area (Å²) >= 11 is 0. The smallest absolute Gasteiger partial charge is 0.223 e. The average Bonchev–Trinajstić information content (AvgIpc) is 2.44. The molecule has 2 fully saturated rings. The van der Waals surface area contributed by atoms with Gasteiger partial charge in [-0.1, -0.05) is 12.8 Å². The standard InChI is InChI=1S/C9H16N2O2/c10-9(12)7-4-2-1-3-6-5-11-13-8(6)7/h6-8,11H,1-5H2,(H2,10,12). The minimum Gasteiger partial charge on any atom is -0.369 e. The van der Waals surface area contributed by atoms with E-state index in [9.17, 15) is 4.79 Å². The Hall–Kier alpha value is -0.610. The van der Waals surface area contributed by atoms with Gasteiger partial charge in [0.2, 0.25) is 5.91 Å². The van der Waals surface area contributed by atoms with Gasteiger partial charge in [-0.15, -0.1) is 0 Å². The number of carbonyl (C=O) groups is 1. The van der Waals surface area contributed by atoms with Crippen LogP contribution >= 0.6 is 0 Å². The Bertz CT molecular complexity index is 208. The van der Waals surface area contributed by atoms with Crippen LogP contribution in [0.2, 0.25) is 0 Å². The molecule has 4 heteroatoms. The highest BCUT2D eigenvalue weighted by molar-refractivity contribution is 5.77. The molecule has 3 N–H and O–H groups in total. The molecule has 3 unspecified atom stereocenters. The van der Waals surface area contributed by atoms with Crippen LogP contribution in [0.1, 0.15) is 25.7 Å². The van der Waals surface area contributed by atoms with Gasteiger partial charge in [0.05, 0.1) is 12.0 Å². The van der Waals surface area contributed by atoms with Crippen molar-refractivity contribution in [2.45, 2.75) is 31.8 Å². The van der Waals surface area contributed by atoms with Crippen molar-refractivity contribution in [3.05, 3.63) is 0 Å². The zero-order valence-corrected chi connectivity index (χ0v) is 7.66. The van der Waals surface area contributed by atoms with Crippen molar-refractivity contribution >= 4 is 5.91 Å². The van der Waals surface area contributed by atoms with Crippen LogP contribution < -0.4 is 11.2 Å². The first-order valence-corrected chi connectivity index (χ1v) is 4.97. The second kappa shape index (κ2) is 3.64. The number of rotatable bonds is 1. The summed E-state index contributed by atoms with van der Waals surface area (Å²) in [5, 5.41) is 0. The number of nitrogens with one attached hydrogen (secondary N) is 1. The van der Waals surface area contributed by atoms with Gasteiger partial charge < -0.3 is 5.73 Å². The van der Waals surface area contributed by atoms with E-state index in [1.807, 2.05) is 0 Å². The number of fused-ring (bicyclic) bond motifs is 1. The van der Waals surface area contributed by atoms with E-state index in [-0.39, 0.29) is 17.9 Å². The molecule has 13 heavy (non-hydrogen) atoms. The van der Waals surface area contributed by atoms with Crippen LogP contribution in [0.4, 0.5) is 0 Å². The van der Waals surface area contributed by atoms with Crippen molar-refractivity contribution in [1.82, 2.24) is 5.48 Å². The molecule has 2 rings (SSSR count). The van der Waals surface area contributed by atoms with Crippen LogP contribution in [0.5, 0.6) is 0 Å². The van der Waals surface area contributed by atoms with Gasteiger partial charge in [-0.05, 0) is 12.8 Å². The number of hydrogen-bond acceptors (Lipinski definition) is 3. The summed E-state index contributed by atoms with van der Waals surface area (Å²) < 4.78 is 0. The average molecular weight is 184 g/mol. The number of hydroxylamine groups is 1. The number of nitrogens with two attached hydrogens (primary N) is 1. The Morgan fingerprint density at radius 1 is 1.38 bits per heavy atom. The maximum atomic E-state index is 11.2. The molecular weight excluding hydrogens is 168 g/mol. The zero-order chi connectivity index (χ0) is 9.26. The Kier molecular flexibility index (Phi) is 2.51. The van der Waals surface area contributed by atoms with Gasteiger partial charge in [0.25, 0.3) is 0 Å². The molecular formula is C9H16N2O2. The Morgan fingerprint density at radius 3 is 2.92 bits per heavy atom. The lowest BCUT2D eigenvalue weighted by molar-refractivity contribution is -0.128. The van der Waals surface area contributed by atoms with Crippen LogP contribution in [0.25, 0.3) is 0 Å². The topological polar surface area (TPSA) is 64.4 Å². The van der Waals surface area contributed by atoms with E-state index in [0.717, 1.165) is 25.8 Å². The summed E-state index contributed by atoms with van der Waals surface area (Å²) in [5.41, 5.74) is 8.22. The maximum absolute atomic E-state index is 11.2. The van der Waals surface area contributed by atoms with Crippen molar-refractivity contribution in [2.75, 3.05) is 6.54 Å². The summed E-state index contributed by atoms with van der Waals surface area (Å²) in [4.78, 5) is 16.5. The predicted octanol–water partition coefficient (Wildman–Crippen LogP) is 0.181. The van der Waals surface area contributed by atoms with Gasteiger partial charge in [-0.25, -0.2) is 5.48 Å². The fourth-order valence-corrected chi connectivity index (χ4v) is 2.38. The van der Waals surface area contributed by atoms with Gasteiger partial charge in [0.1, 0.15) is 0 Å². The first kappa shape index (κ1) is 8.97. The minimum absolute atomic E-state index is 0.0278. The van der Waals surface area contributed by atoms with Crippen molar-refractivity contribution in [2.24, 2.45) is 17.6 Å². The van der Waals surface area contributed by atoms with Gasteiger partial charge in [0, 0.05) is 12.5 Å². The lowest BCUT2D eigenvalue weighted by Crippen LogP contribution is -2.36. The fraction of sp³-hybridized carbons (Fsp3) is 0.889. The summed E-state index contributed by atoms with van der Waals surface area (Å²) in [7, 11) is 0. The highest BCUT2D eigenvalue weighted by Crippen LogP contribution is 2.32. The van der Waals surface area contributed by atoms with E-state index in [0.29, 0.717) is 5.92 Å². The third-order valence-electron chi connectivity index (χ3n) is 3.13. The van der Waals surface area contributed by atoms with Gasteiger partial charge >= 0.3 is 0 Å². The second-order valence-electron chi connectivity index (χ2n) is 3.98. The minimum atomic E-state index is -0.208. The molecule has 1 saturated heterocycles. The normalized spacial score (nSPS) is 39.5. The molecule has 0 aromatic rings. The van der Waals surface area contributed by atoms with Gasteiger partial charge in [0.15, 0.2) is 0 Å². The molecule has 0 aromatic carbocycles. The molecule has 1 aliphatic carbocycles. The van der Waals surface area contributed by atoms with Crippen LogP contribution in [-0.2, 0) is 9.63 Å². The molecule has 0 bridgehead atoms. The lowest BCUT2D eigenvalue weighted by Gasteiger charge is -2.20. The molecule has 1 aliphatic heterocycles. The third kappa shape index (κ3) is 1.69.